The maximum Gasteiger partial charge on any atom is 0.144 e. The first-order valence-electron chi connectivity index (χ1n) is 4.58. The van der Waals surface area contributed by atoms with Gasteiger partial charge < -0.3 is 4.74 Å². The van der Waals surface area contributed by atoms with Gasteiger partial charge in [-0.05, 0) is 33.6 Å². The summed E-state index contributed by atoms with van der Waals surface area (Å²) in [5.41, 5.74) is 0. The highest BCUT2D eigenvalue weighted by molar-refractivity contribution is 7.85. The zero-order valence-electron chi connectivity index (χ0n) is 8.45. The molecule has 2 atom stereocenters. The fourth-order valence-electron chi connectivity index (χ4n) is 1.00. The highest BCUT2D eigenvalue weighted by atomic mass is 32.2. The molecule has 1 heterocycles. The van der Waals surface area contributed by atoms with Crippen molar-refractivity contribution in [2.75, 3.05) is 6.61 Å². The van der Waals surface area contributed by atoms with Gasteiger partial charge in [0.05, 0.1) is 10.9 Å². The second kappa shape index (κ2) is 4.33. The summed E-state index contributed by atoms with van der Waals surface area (Å²) in [4.78, 5) is 0. The molecule has 0 unspecified atom stereocenters. The Hall–Kier alpha value is -0.220. The Kier molecular flexibility index (Phi) is 3.62. The summed E-state index contributed by atoms with van der Waals surface area (Å²) in [7, 11) is -1.14. The summed E-state index contributed by atoms with van der Waals surface area (Å²) in [6, 6.07) is 0. The first kappa shape index (κ1) is 10.9. The minimum Gasteiger partial charge on any atom is -0.373 e. The molecular weight excluding hydrogens is 186 g/mol. The third-order valence-corrected chi connectivity index (χ3v) is 3.17. The third kappa shape index (κ3) is 3.56. The van der Waals surface area contributed by atoms with Crippen molar-refractivity contribution in [2.45, 2.75) is 44.5 Å². The molecule has 76 valence electrons. The van der Waals surface area contributed by atoms with Gasteiger partial charge in [0.15, 0.2) is 0 Å². The van der Waals surface area contributed by atoms with E-state index in [-0.39, 0.29) is 10.9 Å². The summed E-state index contributed by atoms with van der Waals surface area (Å²) in [5.74, 6) is 0. The zero-order valence-corrected chi connectivity index (χ0v) is 9.26. The summed E-state index contributed by atoms with van der Waals surface area (Å²) < 4.78 is 20.5. The molecule has 1 fully saturated rings. The maximum atomic E-state index is 11.5. The van der Waals surface area contributed by atoms with Crippen LogP contribution in [0, 0.1) is 0 Å². The molecule has 3 nitrogen and oxygen atoms in total. The van der Waals surface area contributed by atoms with Crippen molar-refractivity contribution in [2.24, 2.45) is 4.40 Å². The normalized spacial score (nSPS) is 26.8. The molecular formula is C9H17NO2S. The van der Waals surface area contributed by atoms with Gasteiger partial charge in [0.1, 0.15) is 11.0 Å². The van der Waals surface area contributed by atoms with E-state index in [9.17, 15) is 4.21 Å². The lowest BCUT2D eigenvalue weighted by Crippen LogP contribution is -2.20. The van der Waals surface area contributed by atoms with E-state index < -0.39 is 11.0 Å². The molecule has 0 amide bonds. The van der Waals surface area contributed by atoms with Gasteiger partial charge in [-0.1, -0.05) is 0 Å². The average Bonchev–Trinajstić information content (AvgIpc) is 2.50. The van der Waals surface area contributed by atoms with E-state index in [4.69, 9.17) is 4.74 Å². The van der Waals surface area contributed by atoms with Crippen molar-refractivity contribution < 1.29 is 8.95 Å². The van der Waals surface area contributed by atoms with Crippen LogP contribution in [0.3, 0.4) is 0 Å². The Balaban J connectivity index is 2.43. The second-order valence-corrected chi connectivity index (χ2v) is 6.10. The van der Waals surface area contributed by atoms with Crippen molar-refractivity contribution in [1.29, 1.82) is 0 Å². The molecule has 0 radical (unpaired) electrons. The molecule has 1 rings (SSSR count). The lowest BCUT2D eigenvalue weighted by atomic mass is 10.3. The summed E-state index contributed by atoms with van der Waals surface area (Å²) in [5, 5.41) is 0. The molecule has 1 aliphatic heterocycles. The molecule has 4 heteroatoms. The SMILES string of the molecule is CC(C)(C)[S@](=O)/N=C/[C@@H]1CCCO1. The molecule has 0 bridgehead atoms. The number of ether oxygens (including phenoxy) is 1. The number of hydrogen-bond donors (Lipinski definition) is 0. The first-order valence-corrected chi connectivity index (χ1v) is 5.68. The van der Waals surface area contributed by atoms with Gasteiger partial charge in [-0.15, -0.1) is 0 Å². The largest absolute Gasteiger partial charge is 0.373 e. The maximum absolute atomic E-state index is 11.5. The van der Waals surface area contributed by atoms with Crippen LogP contribution in [-0.2, 0) is 15.7 Å². The highest BCUT2D eigenvalue weighted by Gasteiger charge is 2.19. The zero-order chi connectivity index (χ0) is 9.90. The van der Waals surface area contributed by atoms with Crippen LogP contribution in [0.25, 0.3) is 0 Å². The van der Waals surface area contributed by atoms with Crippen LogP contribution in [0.5, 0.6) is 0 Å². The van der Waals surface area contributed by atoms with Gasteiger partial charge >= 0.3 is 0 Å². The number of hydrogen-bond acceptors (Lipinski definition) is 2. The van der Waals surface area contributed by atoms with Gasteiger partial charge in [-0.2, -0.15) is 4.40 Å². The molecule has 1 aliphatic rings. The molecule has 0 aromatic rings. The predicted molar refractivity (Wildman–Crippen MR) is 55.4 cm³/mol. The van der Waals surface area contributed by atoms with Crippen LogP contribution < -0.4 is 0 Å². The Morgan fingerprint density at radius 1 is 1.54 bits per heavy atom. The Morgan fingerprint density at radius 3 is 2.69 bits per heavy atom. The molecule has 0 N–H and O–H groups in total. The lowest BCUT2D eigenvalue weighted by molar-refractivity contribution is 0.162. The molecule has 13 heavy (non-hydrogen) atoms. The summed E-state index contributed by atoms with van der Waals surface area (Å²) in [6.45, 7) is 6.54. The molecule has 0 aromatic heterocycles. The molecule has 0 aromatic carbocycles. The van der Waals surface area contributed by atoms with Crippen molar-refractivity contribution in [3.8, 4) is 0 Å². The minimum atomic E-state index is -1.14. The molecule has 0 aliphatic carbocycles. The van der Waals surface area contributed by atoms with Crippen LogP contribution in [0.15, 0.2) is 4.40 Å². The smallest absolute Gasteiger partial charge is 0.144 e. The van der Waals surface area contributed by atoms with E-state index in [1.165, 1.54) is 0 Å². The van der Waals surface area contributed by atoms with E-state index in [0.29, 0.717) is 0 Å². The fraction of sp³-hybridized carbons (Fsp3) is 0.889. The van der Waals surface area contributed by atoms with E-state index >= 15 is 0 Å². The van der Waals surface area contributed by atoms with Gasteiger partial charge in [0, 0.05) is 12.8 Å². The Morgan fingerprint density at radius 2 is 2.23 bits per heavy atom. The van der Waals surface area contributed by atoms with E-state index in [1.807, 2.05) is 20.8 Å². The number of rotatable bonds is 2. The minimum absolute atomic E-state index is 0.0892. The van der Waals surface area contributed by atoms with Crippen molar-refractivity contribution >= 4 is 17.2 Å². The van der Waals surface area contributed by atoms with Crippen LogP contribution in [0.1, 0.15) is 33.6 Å². The van der Waals surface area contributed by atoms with Gasteiger partial charge in [-0.3, -0.25) is 0 Å². The quantitative estimate of drug-likeness (QED) is 0.641. The van der Waals surface area contributed by atoms with Crippen LogP contribution in [0.4, 0.5) is 0 Å². The van der Waals surface area contributed by atoms with Crippen LogP contribution >= 0.6 is 0 Å². The standard InChI is InChI=1S/C9H17NO2S/c1-9(2,3)13(11)10-7-8-5-4-6-12-8/h7-8H,4-6H2,1-3H3/b10-7+/t8-,13-/m0/s1. The van der Waals surface area contributed by atoms with Gasteiger partial charge in [-0.25, -0.2) is 4.21 Å². The first-order chi connectivity index (χ1) is 6.00. The van der Waals surface area contributed by atoms with E-state index in [2.05, 4.69) is 4.40 Å². The third-order valence-electron chi connectivity index (χ3n) is 1.81. The topological polar surface area (TPSA) is 38.7 Å². The van der Waals surface area contributed by atoms with E-state index in [1.54, 1.807) is 6.21 Å². The molecule has 0 spiro atoms. The van der Waals surface area contributed by atoms with Crippen molar-refractivity contribution in [1.82, 2.24) is 0 Å². The monoisotopic (exact) mass is 203 g/mol. The predicted octanol–water partition coefficient (Wildman–Crippen LogP) is 1.70. The van der Waals surface area contributed by atoms with Gasteiger partial charge in [0.25, 0.3) is 0 Å². The summed E-state index contributed by atoms with van der Waals surface area (Å²) in [6.07, 6.45) is 3.87. The van der Waals surface area contributed by atoms with Crippen molar-refractivity contribution in [3.63, 3.8) is 0 Å². The fourth-order valence-corrected chi connectivity index (χ4v) is 1.56. The second-order valence-electron chi connectivity index (χ2n) is 4.17. The van der Waals surface area contributed by atoms with Crippen molar-refractivity contribution in [3.05, 3.63) is 0 Å². The summed E-state index contributed by atoms with van der Waals surface area (Å²) >= 11 is 0. The Labute approximate surface area is 82.2 Å². The highest BCUT2D eigenvalue weighted by Crippen LogP contribution is 2.14. The van der Waals surface area contributed by atoms with Gasteiger partial charge in [0.2, 0.25) is 0 Å². The average molecular weight is 203 g/mol. The molecule has 1 saturated heterocycles. The van der Waals surface area contributed by atoms with Crippen LogP contribution in [0.2, 0.25) is 0 Å². The van der Waals surface area contributed by atoms with E-state index in [0.717, 1.165) is 19.4 Å². The number of nitrogens with zero attached hydrogens (tertiary/aromatic N) is 1. The molecule has 0 saturated carbocycles. The Bertz CT molecular complexity index is 214. The van der Waals surface area contributed by atoms with Crippen LogP contribution in [-0.4, -0.2) is 27.9 Å². The lowest BCUT2D eigenvalue weighted by Gasteiger charge is -2.13.